The van der Waals surface area contributed by atoms with Crippen LogP contribution < -0.4 is 4.90 Å². The normalized spacial score (nSPS) is 9.95. The van der Waals surface area contributed by atoms with E-state index in [1.807, 2.05) is 36.4 Å². The van der Waals surface area contributed by atoms with Crippen molar-refractivity contribution in [3.8, 4) is 0 Å². The van der Waals surface area contributed by atoms with Crippen LogP contribution in [0.1, 0.15) is 5.56 Å². The van der Waals surface area contributed by atoms with Gasteiger partial charge in [0.05, 0.1) is 6.54 Å². The number of para-hydroxylation sites is 1. The summed E-state index contributed by atoms with van der Waals surface area (Å²) in [4.78, 5) is 17.6. The lowest BCUT2D eigenvalue weighted by molar-refractivity contribution is -0.114. The molecule has 0 saturated carbocycles. The second kappa shape index (κ2) is 6.16. The number of hydrogen-bond donors (Lipinski definition) is 0. The molecule has 0 N–H and O–H groups in total. The predicted octanol–water partition coefficient (Wildman–Crippen LogP) is 3.45. The number of carbonyl (C=O) groups excluding carboxylic acids is 1. The van der Waals surface area contributed by atoms with Crippen molar-refractivity contribution in [2.24, 2.45) is 0 Å². The Bertz CT molecular complexity index is 566. The van der Waals surface area contributed by atoms with Crippen LogP contribution in [0.25, 0.3) is 0 Å². The number of pyridine rings is 1. The van der Waals surface area contributed by atoms with Gasteiger partial charge in [0.25, 0.3) is 5.91 Å². The Hall–Kier alpha value is -2.13. The molecule has 96 valence electrons. The summed E-state index contributed by atoms with van der Waals surface area (Å²) >= 11 is 5.75. The van der Waals surface area contributed by atoms with Crippen LogP contribution in [-0.2, 0) is 11.3 Å². The van der Waals surface area contributed by atoms with E-state index in [0.29, 0.717) is 11.7 Å². The van der Waals surface area contributed by atoms with Gasteiger partial charge >= 0.3 is 0 Å². The fourth-order valence-electron chi connectivity index (χ4n) is 1.70. The van der Waals surface area contributed by atoms with Crippen molar-refractivity contribution in [3.05, 3.63) is 72.0 Å². The van der Waals surface area contributed by atoms with E-state index in [1.165, 1.54) is 6.08 Å². The third kappa shape index (κ3) is 3.42. The summed E-state index contributed by atoms with van der Waals surface area (Å²) in [6, 6.07) is 13.0. The van der Waals surface area contributed by atoms with Crippen LogP contribution in [0.3, 0.4) is 0 Å². The Kier molecular flexibility index (Phi) is 4.31. The predicted molar refractivity (Wildman–Crippen MR) is 77.1 cm³/mol. The molecule has 1 aromatic carbocycles. The van der Waals surface area contributed by atoms with Gasteiger partial charge in [-0.15, -0.1) is 0 Å². The fraction of sp³-hybridized carbons (Fsp3) is 0.0667. The molecule has 0 fully saturated rings. The summed E-state index contributed by atoms with van der Waals surface area (Å²) in [6.07, 6.45) is 2.96. The molecule has 2 aromatic rings. The summed E-state index contributed by atoms with van der Waals surface area (Å²) in [6.45, 7) is 3.96. The highest BCUT2D eigenvalue weighted by Crippen LogP contribution is 2.17. The number of nitrogens with zero attached hydrogens (tertiary/aromatic N) is 2. The van der Waals surface area contributed by atoms with Gasteiger partial charge in [-0.05, 0) is 29.8 Å². The summed E-state index contributed by atoms with van der Waals surface area (Å²) in [7, 11) is 0. The fourth-order valence-corrected chi connectivity index (χ4v) is 1.81. The second-order valence-electron chi connectivity index (χ2n) is 3.95. The summed E-state index contributed by atoms with van der Waals surface area (Å²) in [5.74, 6) is -0.152. The van der Waals surface area contributed by atoms with Gasteiger partial charge in [-0.3, -0.25) is 4.79 Å². The van der Waals surface area contributed by atoms with Crippen LogP contribution in [0.4, 0.5) is 5.69 Å². The van der Waals surface area contributed by atoms with Crippen molar-refractivity contribution in [1.29, 1.82) is 0 Å². The molecule has 3 nitrogen and oxygen atoms in total. The number of amides is 1. The number of anilines is 1. The monoisotopic (exact) mass is 272 g/mol. The van der Waals surface area contributed by atoms with Crippen LogP contribution in [0.5, 0.6) is 0 Å². The molecular formula is C15H13ClN2O. The van der Waals surface area contributed by atoms with Gasteiger partial charge in [-0.2, -0.15) is 0 Å². The summed E-state index contributed by atoms with van der Waals surface area (Å²) < 4.78 is 0. The first-order chi connectivity index (χ1) is 9.20. The highest BCUT2D eigenvalue weighted by Gasteiger charge is 2.13. The van der Waals surface area contributed by atoms with Crippen molar-refractivity contribution >= 4 is 23.2 Å². The van der Waals surface area contributed by atoms with Gasteiger partial charge in [0.15, 0.2) is 0 Å². The maximum atomic E-state index is 11.9. The molecule has 1 amide bonds. The van der Waals surface area contributed by atoms with Crippen molar-refractivity contribution in [2.45, 2.75) is 6.54 Å². The number of rotatable bonds is 4. The third-order valence-corrected chi connectivity index (χ3v) is 2.86. The molecule has 0 radical (unpaired) electrons. The largest absolute Gasteiger partial charge is 0.304 e. The molecule has 4 heteroatoms. The average Bonchev–Trinajstić information content (AvgIpc) is 2.47. The zero-order valence-electron chi connectivity index (χ0n) is 10.3. The maximum absolute atomic E-state index is 11.9. The molecule has 2 rings (SSSR count). The Morgan fingerprint density at radius 2 is 2.00 bits per heavy atom. The van der Waals surface area contributed by atoms with Crippen LogP contribution in [0, 0.1) is 0 Å². The van der Waals surface area contributed by atoms with Crippen LogP contribution >= 0.6 is 11.6 Å². The number of benzene rings is 1. The number of aromatic nitrogens is 1. The second-order valence-corrected chi connectivity index (χ2v) is 4.34. The highest BCUT2D eigenvalue weighted by molar-refractivity contribution is 6.29. The highest BCUT2D eigenvalue weighted by atomic mass is 35.5. The van der Waals surface area contributed by atoms with E-state index >= 15 is 0 Å². The van der Waals surface area contributed by atoms with E-state index in [9.17, 15) is 4.79 Å². The number of carbonyl (C=O) groups is 1. The lowest BCUT2D eigenvalue weighted by atomic mass is 10.2. The van der Waals surface area contributed by atoms with Crippen LogP contribution in [0.2, 0.25) is 5.15 Å². The van der Waals surface area contributed by atoms with Crippen molar-refractivity contribution in [3.63, 3.8) is 0 Å². The zero-order valence-corrected chi connectivity index (χ0v) is 11.0. The van der Waals surface area contributed by atoms with E-state index in [4.69, 9.17) is 11.6 Å². The van der Waals surface area contributed by atoms with E-state index in [2.05, 4.69) is 11.6 Å². The van der Waals surface area contributed by atoms with Gasteiger partial charge in [0, 0.05) is 11.9 Å². The summed E-state index contributed by atoms with van der Waals surface area (Å²) in [5.41, 5.74) is 1.73. The Morgan fingerprint density at radius 1 is 1.26 bits per heavy atom. The molecule has 0 aliphatic carbocycles. The first-order valence-electron chi connectivity index (χ1n) is 5.80. The molecule has 0 aliphatic rings. The van der Waals surface area contributed by atoms with Crippen molar-refractivity contribution in [1.82, 2.24) is 4.98 Å². The molecule has 0 unspecified atom stereocenters. The lowest BCUT2D eigenvalue weighted by Crippen LogP contribution is -2.28. The van der Waals surface area contributed by atoms with Crippen LogP contribution in [-0.4, -0.2) is 10.9 Å². The quantitative estimate of drug-likeness (QED) is 0.631. The molecule has 1 aromatic heterocycles. The average molecular weight is 273 g/mol. The van der Waals surface area contributed by atoms with Gasteiger partial charge in [-0.25, -0.2) is 4.98 Å². The van der Waals surface area contributed by atoms with E-state index in [0.717, 1.165) is 11.3 Å². The molecule has 0 spiro atoms. The minimum atomic E-state index is -0.152. The topological polar surface area (TPSA) is 33.2 Å². The van der Waals surface area contributed by atoms with Gasteiger partial charge in [0.1, 0.15) is 5.15 Å². The van der Waals surface area contributed by atoms with Crippen molar-refractivity contribution < 1.29 is 4.79 Å². The van der Waals surface area contributed by atoms with Crippen LogP contribution in [0.15, 0.2) is 61.3 Å². The Morgan fingerprint density at radius 3 is 2.58 bits per heavy atom. The zero-order chi connectivity index (χ0) is 13.7. The molecule has 0 bridgehead atoms. The third-order valence-electron chi connectivity index (χ3n) is 2.64. The lowest BCUT2D eigenvalue weighted by Gasteiger charge is -2.21. The number of hydrogen-bond acceptors (Lipinski definition) is 2. The van der Waals surface area contributed by atoms with E-state index in [1.54, 1.807) is 17.2 Å². The molecule has 19 heavy (non-hydrogen) atoms. The van der Waals surface area contributed by atoms with Gasteiger partial charge < -0.3 is 4.90 Å². The molecule has 1 heterocycles. The SMILES string of the molecule is C=CC(=O)N(Cc1ccc(Cl)nc1)c1ccccc1. The summed E-state index contributed by atoms with van der Waals surface area (Å²) in [5, 5.41) is 0.435. The molecule has 0 saturated heterocycles. The Balaban J connectivity index is 2.26. The van der Waals surface area contributed by atoms with Crippen molar-refractivity contribution in [2.75, 3.05) is 4.90 Å². The number of halogens is 1. The molecule has 0 aliphatic heterocycles. The maximum Gasteiger partial charge on any atom is 0.250 e. The van der Waals surface area contributed by atoms with E-state index in [-0.39, 0.29) is 5.91 Å². The van der Waals surface area contributed by atoms with E-state index < -0.39 is 0 Å². The Labute approximate surface area is 117 Å². The molecular weight excluding hydrogens is 260 g/mol. The smallest absolute Gasteiger partial charge is 0.250 e. The first-order valence-corrected chi connectivity index (χ1v) is 6.18. The first kappa shape index (κ1) is 13.3. The standard InChI is InChI=1S/C15H13ClN2O/c1-2-15(19)18(13-6-4-3-5-7-13)11-12-8-9-14(16)17-10-12/h2-10H,1,11H2. The minimum absolute atomic E-state index is 0.152. The minimum Gasteiger partial charge on any atom is -0.304 e. The van der Waals surface area contributed by atoms with Gasteiger partial charge in [0.2, 0.25) is 0 Å². The molecule has 0 atom stereocenters. The van der Waals surface area contributed by atoms with Gasteiger partial charge in [-0.1, -0.05) is 42.4 Å².